The molecule has 2 unspecified atom stereocenters. The number of ether oxygens (including phenoxy) is 2. The van der Waals surface area contributed by atoms with Crippen LogP contribution in [0.2, 0.25) is 0 Å². The number of carbonyl (C=O) groups excluding carboxylic acids is 8. The molecule has 5 heterocycles. The van der Waals surface area contributed by atoms with E-state index in [2.05, 4.69) is 15.6 Å². The lowest BCUT2D eigenvalue weighted by Crippen LogP contribution is -2.45. The van der Waals surface area contributed by atoms with E-state index in [1.807, 2.05) is 0 Å². The number of nitrogens with zero attached hydrogens (tertiary/aromatic N) is 5. The standard InChI is InChI=1S/C49H45N7O11/c57-39(25-36-13-7-23-53(36)41(59)28-55-46(61)43(66-48(55)63)31-9-3-1-4-10-31)51-34-19-15-30(16-20-34)38-27-50-45(65-38)33-17-21-35(22-18-33)52-40(58)26-37-14-8-24-54(37)42(60)29-56-47(62)44(67-49(56)64)32-11-5-2-6-12-32/h1-6,9-12,15-22,27,36-37,43-44H,7-8,13-14,23-26,28-29H2,(H,51,57)(H,52,58)/t36-,37-,43?,44?/m0/s1. The Morgan fingerprint density at radius 1 is 0.567 bits per heavy atom. The van der Waals surface area contributed by atoms with Crippen molar-refractivity contribution in [1.29, 1.82) is 0 Å². The van der Waals surface area contributed by atoms with E-state index in [4.69, 9.17) is 13.9 Å². The Bertz CT molecular complexity index is 2530. The Kier molecular flexibility index (Phi) is 12.6. The molecule has 2 N–H and O–H groups in total. The molecule has 4 fully saturated rings. The van der Waals surface area contributed by atoms with Crippen molar-refractivity contribution in [2.45, 2.75) is 62.8 Å². The van der Waals surface area contributed by atoms with Crippen molar-refractivity contribution in [3.8, 4) is 22.8 Å². The number of oxazole rings is 1. The minimum Gasteiger partial charge on any atom is -0.436 e. The van der Waals surface area contributed by atoms with Gasteiger partial charge in [0.05, 0.1) is 6.20 Å². The number of nitrogens with one attached hydrogen (secondary N) is 2. The molecule has 4 atom stereocenters. The molecule has 4 aliphatic rings. The first-order valence-corrected chi connectivity index (χ1v) is 22.0. The molecule has 18 nitrogen and oxygen atoms in total. The van der Waals surface area contributed by atoms with E-state index in [0.717, 1.165) is 9.80 Å². The summed E-state index contributed by atoms with van der Waals surface area (Å²) in [5.74, 6) is -1.84. The number of rotatable bonds is 14. The van der Waals surface area contributed by atoms with Gasteiger partial charge in [-0.3, -0.25) is 28.8 Å². The molecule has 4 aliphatic heterocycles. The van der Waals surface area contributed by atoms with E-state index in [0.29, 0.717) is 84.1 Å². The third-order valence-electron chi connectivity index (χ3n) is 12.3. The van der Waals surface area contributed by atoms with Crippen molar-refractivity contribution in [2.75, 3.05) is 36.8 Å². The van der Waals surface area contributed by atoms with Gasteiger partial charge >= 0.3 is 12.2 Å². The van der Waals surface area contributed by atoms with E-state index in [-0.39, 0.29) is 24.7 Å². The van der Waals surface area contributed by atoms with Crippen molar-refractivity contribution >= 4 is 59.0 Å². The fourth-order valence-electron chi connectivity index (χ4n) is 8.87. The van der Waals surface area contributed by atoms with Crippen LogP contribution in [0.1, 0.15) is 61.9 Å². The second-order valence-electron chi connectivity index (χ2n) is 16.7. The highest BCUT2D eigenvalue weighted by atomic mass is 16.6. The lowest BCUT2D eigenvalue weighted by molar-refractivity contribution is -0.138. The second-order valence-corrected chi connectivity index (χ2v) is 16.7. The topological polar surface area (TPSA) is 218 Å². The zero-order valence-corrected chi connectivity index (χ0v) is 36.1. The molecule has 8 amide bonds. The van der Waals surface area contributed by atoms with Crippen LogP contribution in [0.5, 0.6) is 0 Å². The number of carbonyl (C=O) groups is 8. The average Bonchev–Trinajstić information content (AvgIpc) is 4.20. The van der Waals surface area contributed by atoms with Crippen LogP contribution in [0, 0.1) is 0 Å². The summed E-state index contributed by atoms with van der Waals surface area (Å²) in [6.07, 6.45) is 0.237. The molecule has 67 heavy (non-hydrogen) atoms. The quantitative estimate of drug-likeness (QED) is 0.129. The lowest BCUT2D eigenvalue weighted by Gasteiger charge is -2.25. The van der Waals surface area contributed by atoms with E-state index in [1.54, 1.807) is 125 Å². The van der Waals surface area contributed by atoms with E-state index in [1.165, 1.54) is 0 Å². The Morgan fingerprint density at radius 3 is 1.45 bits per heavy atom. The van der Waals surface area contributed by atoms with Crippen LogP contribution in [0.3, 0.4) is 0 Å². The first-order chi connectivity index (χ1) is 32.5. The van der Waals surface area contributed by atoms with Gasteiger partial charge in [-0.1, -0.05) is 60.7 Å². The summed E-state index contributed by atoms with van der Waals surface area (Å²) >= 11 is 0. The molecule has 4 aromatic carbocycles. The zero-order chi connectivity index (χ0) is 46.6. The van der Waals surface area contributed by atoms with E-state index in [9.17, 15) is 38.4 Å². The third-order valence-corrected chi connectivity index (χ3v) is 12.3. The van der Waals surface area contributed by atoms with Crippen LogP contribution in [0.4, 0.5) is 21.0 Å². The Morgan fingerprint density at radius 2 is 1.00 bits per heavy atom. The fraction of sp³-hybridized carbons (Fsp3) is 0.286. The molecule has 1 aromatic heterocycles. The molecule has 0 saturated carbocycles. The Labute approximate surface area is 383 Å². The van der Waals surface area contributed by atoms with Gasteiger partial charge in [-0.15, -0.1) is 0 Å². The molecule has 4 saturated heterocycles. The van der Waals surface area contributed by atoms with Gasteiger partial charge in [-0.05, 0) is 74.2 Å². The van der Waals surface area contributed by atoms with Gasteiger partial charge < -0.3 is 34.3 Å². The molecule has 0 radical (unpaired) electrons. The minimum atomic E-state index is -1.10. The monoisotopic (exact) mass is 907 g/mol. The van der Waals surface area contributed by atoms with Gasteiger partial charge in [-0.2, -0.15) is 0 Å². The second kappa shape index (κ2) is 19.1. The van der Waals surface area contributed by atoms with Crippen molar-refractivity contribution in [2.24, 2.45) is 0 Å². The zero-order valence-electron chi connectivity index (χ0n) is 36.1. The van der Waals surface area contributed by atoms with Gasteiger partial charge in [0.25, 0.3) is 11.8 Å². The molecule has 0 aliphatic carbocycles. The molecule has 9 rings (SSSR count). The van der Waals surface area contributed by atoms with Crippen molar-refractivity contribution in [3.05, 3.63) is 127 Å². The highest BCUT2D eigenvalue weighted by molar-refractivity contribution is 6.04. The summed E-state index contributed by atoms with van der Waals surface area (Å²) < 4.78 is 16.6. The van der Waals surface area contributed by atoms with Crippen molar-refractivity contribution in [1.82, 2.24) is 24.6 Å². The summed E-state index contributed by atoms with van der Waals surface area (Å²) in [7, 11) is 0. The molecule has 342 valence electrons. The maximum Gasteiger partial charge on any atom is 0.418 e. The maximum absolute atomic E-state index is 13.3. The number of hydrogen-bond acceptors (Lipinski definition) is 12. The summed E-state index contributed by atoms with van der Waals surface area (Å²) in [4.78, 5) is 113. The fourth-order valence-corrected chi connectivity index (χ4v) is 8.87. The summed E-state index contributed by atoms with van der Waals surface area (Å²) in [6.45, 7) is -0.131. The van der Waals surface area contributed by atoms with Crippen molar-refractivity contribution in [3.63, 3.8) is 0 Å². The van der Waals surface area contributed by atoms with Crippen molar-refractivity contribution < 1.29 is 52.2 Å². The van der Waals surface area contributed by atoms with Crippen LogP contribution >= 0.6 is 0 Å². The van der Waals surface area contributed by atoms with E-state index < -0.39 is 73.2 Å². The summed E-state index contributed by atoms with van der Waals surface area (Å²) in [6, 6.07) is 30.3. The van der Waals surface area contributed by atoms with Crippen LogP contribution in [-0.2, 0) is 38.2 Å². The predicted octanol–water partition coefficient (Wildman–Crippen LogP) is 6.09. The van der Waals surface area contributed by atoms with Gasteiger partial charge in [0.15, 0.2) is 5.76 Å². The largest absolute Gasteiger partial charge is 0.436 e. The maximum atomic E-state index is 13.3. The Balaban J connectivity index is 0.731. The predicted molar refractivity (Wildman–Crippen MR) is 238 cm³/mol. The molecule has 5 aromatic rings. The molecule has 18 heteroatoms. The molecule has 0 bridgehead atoms. The normalized spacial score (nSPS) is 20.3. The van der Waals surface area contributed by atoms with Gasteiger partial charge in [0.2, 0.25) is 41.7 Å². The Hall–Kier alpha value is -8.15. The number of anilines is 2. The average molecular weight is 908 g/mol. The molecular weight excluding hydrogens is 863 g/mol. The minimum absolute atomic E-state index is 0.0320. The number of cyclic esters (lactones) is 2. The van der Waals surface area contributed by atoms with Gasteiger partial charge in [0.1, 0.15) is 13.1 Å². The van der Waals surface area contributed by atoms with Crippen LogP contribution in [0.15, 0.2) is 120 Å². The number of amides is 8. The van der Waals surface area contributed by atoms with Gasteiger partial charge in [-0.25, -0.2) is 24.4 Å². The highest BCUT2D eigenvalue weighted by Crippen LogP contribution is 2.32. The lowest BCUT2D eigenvalue weighted by atomic mass is 10.1. The summed E-state index contributed by atoms with van der Waals surface area (Å²) in [5.41, 5.74) is 3.47. The molecule has 0 spiro atoms. The first-order valence-electron chi connectivity index (χ1n) is 22.0. The first kappa shape index (κ1) is 44.1. The number of imide groups is 2. The smallest absolute Gasteiger partial charge is 0.418 e. The number of benzene rings is 4. The van der Waals surface area contributed by atoms with Crippen LogP contribution in [-0.4, -0.2) is 110 Å². The van der Waals surface area contributed by atoms with Crippen LogP contribution < -0.4 is 10.6 Å². The highest BCUT2D eigenvalue weighted by Gasteiger charge is 2.45. The number of likely N-dealkylation sites (tertiary alicyclic amines) is 2. The van der Waals surface area contributed by atoms with Crippen LogP contribution in [0.25, 0.3) is 22.8 Å². The van der Waals surface area contributed by atoms with Gasteiger partial charge in [0, 0.05) is 71.6 Å². The summed E-state index contributed by atoms with van der Waals surface area (Å²) in [5, 5.41) is 5.75. The third kappa shape index (κ3) is 9.64. The molecular formula is C49H45N7O11. The SMILES string of the molecule is O=C(C[C@@H]1CCCN1C(=O)CN1C(=O)OC(c2ccccc2)C1=O)Nc1ccc(-c2cnc(-c3ccc(NC(=O)C[C@@H]4CCCN4C(=O)CN4C(=O)OC(c5ccccc5)C4=O)cc3)o2)cc1. The van der Waals surface area contributed by atoms with E-state index >= 15 is 0 Å². The number of hydrogen-bond donors (Lipinski definition) is 2. The number of aromatic nitrogens is 1.